The summed E-state index contributed by atoms with van der Waals surface area (Å²) < 4.78 is 19.1. The fourth-order valence-electron chi connectivity index (χ4n) is 1.65. The molecule has 100 valence electrons. The Morgan fingerprint density at radius 3 is 2.89 bits per heavy atom. The van der Waals surface area contributed by atoms with Crippen LogP contribution in [0.4, 0.5) is 4.39 Å². The molecule has 2 nitrogen and oxygen atoms in total. The number of ether oxygens (including phenoxy) is 1. The van der Waals surface area contributed by atoms with Crippen LogP contribution in [0, 0.1) is 5.82 Å². The molecule has 0 aliphatic carbocycles. The lowest BCUT2D eigenvalue weighted by Gasteiger charge is -2.07. The first-order valence-corrected chi connectivity index (χ1v) is 7.14. The molecule has 0 spiro atoms. The zero-order chi connectivity index (χ0) is 13.7. The van der Waals surface area contributed by atoms with E-state index in [0.717, 1.165) is 6.42 Å². The second-order valence-corrected chi connectivity index (χ2v) is 5.52. The van der Waals surface area contributed by atoms with Gasteiger partial charge in [-0.05, 0) is 29.6 Å². The number of benzene rings is 1. The molecule has 0 aliphatic rings. The highest BCUT2D eigenvalue weighted by Crippen LogP contribution is 2.13. The SMILES string of the molecule is NC(=S)c1ccc(F)c(COCCc2cccs2)c1. The summed E-state index contributed by atoms with van der Waals surface area (Å²) in [5.41, 5.74) is 6.66. The molecule has 0 aliphatic heterocycles. The van der Waals surface area contributed by atoms with Gasteiger partial charge in [-0.3, -0.25) is 0 Å². The fraction of sp³-hybridized carbons (Fsp3) is 0.214. The summed E-state index contributed by atoms with van der Waals surface area (Å²) in [6, 6.07) is 8.65. The van der Waals surface area contributed by atoms with E-state index in [0.29, 0.717) is 17.7 Å². The molecule has 1 aromatic carbocycles. The van der Waals surface area contributed by atoms with E-state index in [-0.39, 0.29) is 17.4 Å². The van der Waals surface area contributed by atoms with E-state index in [1.54, 1.807) is 23.5 Å². The van der Waals surface area contributed by atoms with Crippen molar-refractivity contribution >= 4 is 28.5 Å². The van der Waals surface area contributed by atoms with Gasteiger partial charge < -0.3 is 10.5 Å². The summed E-state index contributed by atoms with van der Waals surface area (Å²) in [6.45, 7) is 0.797. The van der Waals surface area contributed by atoms with Gasteiger partial charge in [-0.1, -0.05) is 18.3 Å². The van der Waals surface area contributed by atoms with Gasteiger partial charge in [0.25, 0.3) is 0 Å². The minimum atomic E-state index is -0.295. The van der Waals surface area contributed by atoms with Crippen molar-refractivity contribution in [3.63, 3.8) is 0 Å². The maximum Gasteiger partial charge on any atom is 0.128 e. The highest BCUT2D eigenvalue weighted by atomic mass is 32.1. The van der Waals surface area contributed by atoms with Crippen LogP contribution in [-0.2, 0) is 17.8 Å². The van der Waals surface area contributed by atoms with Crippen LogP contribution in [0.25, 0.3) is 0 Å². The quantitative estimate of drug-likeness (QED) is 0.656. The molecule has 19 heavy (non-hydrogen) atoms. The van der Waals surface area contributed by atoms with Crippen LogP contribution in [0.15, 0.2) is 35.7 Å². The number of thiophene rings is 1. The van der Waals surface area contributed by atoms with Gasteiger partial charge in [-0.25, -0.2) is 4.39 Å². The molecular formula is C14H14FNOS2. The average Bonchev–Trinajstić information content (AvgIpc) is 2.89. The van der Waals surface area contributed by atoms with Gasteiger partial charge in [-0.15, -0.1) is 11.3 Å². The van der Waals surface area contributed by atoms with Crippen LogP contribution >= 0.6 is 23.6 Å². The molecule has 2 rings (SSSR count). The smallest absolute Gasteiger partial charge is 0.128 e. The molecule has 0 radical (unpaired) electrons. The summed E-state index contributed by atoms with van der Waals surface area (Å²) in [5, 5.41) is 2.03. The Labute approximate surface area is 121 Å². The molecular weight excluding hydrogens is 281 g/mol. The van der Waals surface area contributed by atoms with Gasteiger partial charge in [0.1, 0.15) is 10.8 Å². The van der Waals surface area contributed by atoms with E-state index in [2.05, 4.69) is 6.07 Å². The highest BCUT2D eigenvalue weighted by molar-refractivity contribution is 7.80. The largest absolute Gasteiger partial charge is 0.389 e. The summed E-state index contributed by atoms with van der Waals surface area (Å²) >= 11 is 6.56. The molecule has 0 atom stereocenters. The maximum absolute atomic E-state index is 13.6. The lowest BCUT2D eigenvalue weighted by Crippen LogP contribution is -2.10. The van der Waals surface area contributed by atoms with E-state index >= 15 is 0 Å². The molecule has 5 heteroatoms. The van der Waals surface area contributed by atoms with Crippen molar-refractivity contribution in [1.29, 1.82) is 0 Å². The predicted octanol–water partition coefficient (Wildman–Crippen LogP) is 3.28. The Kier molecular flexibility index (Phi) is 5.01. The molecule has 0 saturated carbocycles. The van der Waals surface area contributed by atoms with E-state index in [1.165, 1.54) is 10.9 Å². The second kappa shape index (κ2) is 6.75. The number of nitrogens with two attached hydrogens (primary N) is 1. The first-order chi connectivity index (χ1) is 9.16. The summed E-state index contributed by atoms with van der Waals surface area (Å²) in [4.78, 5) is 1.53. The number of thiocarbonyl (C=S) groups is 1. The predicted molar refractivity (Wildman–Crippen MR) is 80.0 cm³/mol. The monoisotopic (exact) mass is 295 g/mol. The average molecular weight is 295 g/mol. The molecule has 2 aromatic rings. The van der Waals surface area contributed by atoms with E-state index in [4.69, 9.17) is 22.7 Å². The topological polar surface area (TPSA) is 35.2 Å². The van der Waals surface area contributed by atoms with Crippen LogP contribution in [0.2, 0.25) is 0 Å². The van der Waals surface area contributed by atoms with Crippen molar-refractivity contribution < 1.29 is 9.13 Å². The second-order valence-electron chi connectivity index (χ2n) is 4.05. The normalized spacial score (nSPS) is 10.6. The number of rotatable bonds is 6. The van der Waals surface area contributed by atoms with Gasteiger partial charge in [0.05, 0.1) is 13.2 Å². The van der Waals surface area contributed by atoms with Crippen LogP contribution in [0.3, 0.4) is 0 Å². The van der Waals surface area contributed by atoms with Crippen molar-refractivity contribution in [2.75, 3.05) is 6.61 Å². The summed E-state index contributed by atoms with van der Waals surface area (Å²) in [7, 11) is 0. The Balaban J connectivity index is 1.88. The van der Waals surface area contributed by atoms with Gasteiger partial charge in [0.2, 0.25) is 0 Å². The molecule has 0 unspecified atom stereocenters. The van der Waals surface area contributed by atoms with Crippen LogP contribution in [-0.4, -0.2) is 11.6 Å². The molecule has 0 bridgehead atoms. The number of halogens is 1. The summed E-state index contributed by atoms with van der Waals surface area (Å²) in [5.74, 6) is -0.295. The Morgan fingerprint density at radius 1 is 1.37 bits per heavy atom. The van der Waals surface area contributed by atoms with E-state index < -0.39 is 0 Å². The fourth-order valence-corrected chi connectivity index (χ4v) is 2.47. The standard InChI is InChI=1S/C14H14FNOS2/c15-13-4-3-10(14(16)18)8-11(13)9-17-6-5-12-2-1-7-19-12/h1-4,7-8H,5-6,9H2,(H2,16,18). The van der Waals surface area contributed by atoms with Crippen LogP contribution in [0.5, 0.6) is 0 Å². The Hall–Kier alpha value is -1.30. The zero-order valence-electron chi connectivity index (χ0n) is 10.3. The van der Waals surface area contributed by atoms with Crippen LogP contribution < -0.4 is 5.73 Å². The first-order valence-electron chi connectivity index (χ1n) is 5.85. The van der Waals surface area contributed by atoms with Crippen molar-refractivity contribution in [2.45, 2.75) is 13.0 Å². The van der Waals surface area contributed by atoms with Crippen molar-refractivity contribution in [1.82, 2.24) is 0 Å². The Morgan fingerprint density at radius 2 is 2.21 bits per heavy atom. The van der Waals surface area contributed by atoms with Gasteiger partial charge in [0.15, 0.2) is 0 Å². The third-order valence-corrected chi connectivity index (χ3v) is 3.83. The first kappa shape index (κ1) is 14.1. The van der Waals surface area contributed by atoms with E-state index in [1.807, 2.05) is 11.4 Å². The number of hydrogen-bond acceptors (Lipinski definition) is 3. The summed E-state index contributed by atoms with van der Waals surface area (Å²) in [6.07, 6.45) is 0.842. The van der Waals surface area contributed by atoms with Crippen molar-refractivity contribution in [3.8, 4) is 0 Å². The minimum absolute atomic E-state index is 0.230. The third-order valence-electron chi connectivity index (χ3n) is 2.66. The van der Waals surface area contributed by atoms with Gasteiger partial charge in [0, 0.05) is 22.4 Å². The third kappa shape index (κ3) is 4.09. The zero-order valence-corrected chi connectivity index (χ0v) is 11.9. The molecule has 1 aromatic heterocycles. The van der Waals surface area contributed by atoms with E-state index in [9.17, 15) is 4.39 Å². The molecule has 2 N–H and O–H groups in total. The highest BCUT2D eigenvalue weighted by Gasteiger charge is 2.05. The van der Waals surface area contributed by atoms with Gasteiger partial charge >= 0.3 is 0 Å². The lowest BCUT2D eigenvalue weighted by atomic mass is 10.1. The number of hydrogen-bond donors (Lipinski definition) is 1. The Bertz CT molecular complexity index is 555. The molecule has 0 fully saturated rings. The molecule has 1 heterocycles. The van der Waals surface area contributed by atoms with Gasteiger partial charge in [-0.2, -0.15) is 0 Å². The lowest BCUT2D eigenvalue weighted by molar-refractivity contribution is 0.122. The van der Waals surface area contributed by atoms with Crippen LogP contribution in [0.1, 0.15) is 16.0 Å². The molecule has 0 saturated heterocycles. The maximum atomic E-state index is 13.6. The minimum Gasteiger partial charge on any atom is -0.389 e. The van der Waals surface area contributed by atoms with Crippen molar-refractivity contribution in [3.05, 3.63) is 57.5 Å². The molecule has 0 amide bonds. The van der Waals surface area contributed by atoms with Crippen molar-refractivity contribution in [2.24, 2.45) is 5.73 Å².